The van der Waals surface area contributed by atoms with Gasteiger partial charge in [0, 0.05) is 31.7 Å². The van der Waals surface area contributed by atoms with Gasteiger partial charge in [-0.15, -0.1) is 0 Å². The van der Waals surface area contributed by atoms with E-state index in [0.29, 0.717) is 31.7 Å². The molecule has 1 amide bonds. The van der Waals surface area contributed by atoms with Crippen molar-refractivity contribution in [3.05, 3.63) is 70.8 Å². The summed E-state index contributed by atoms with van der Waals surface area (Å²) in [5.74, 6) is -0.0300. The van der Waals surface area contributed by atoms with Crippen LogP contribution in [0.5, 0.6) is 0 Å². The average Bonchev–Trinajstić information content (AvgIpc) is 2.63. The van der Waals surface area contributed by atoms with E-state index in [4.69, 9.17) is 0 Å². The molecule has 0 aliphatic carbocycles. The molecule has 1 saturated heterocycles. The van der Waals surface area contributed by atoms with Crippen molar-refractivity contribution in [2.24, 2.45) is 0 Å². The normalized spacial score (nSPS) is 15.8. The van der Waals surface area contributed by atoms with Crippen molar-refractivity contribution in [1.82, 2.24) is 9.21 Å². The number of carbonyl (C=O) groups excluding carboxylic acids is 1. The van der Waals surface area contributed by atoms with Gasteiger partial charge in [0.25, 0.3) is 5.91 Å². The van der Waals surface area contributed by atoms with E-state index in [-0.39, 0.29) is 11.7 Å². The number of aryl methyl sites for hydroxylation is 2. The summed E-state index contributed by atoms with van der Waals surface area (Å²) in [6.07, 6.45) is 0. The lowest BCUT2D eigenvalue weighted by molar-refractivity contribution is 0.0697. The molecule has 0 saturated carbocycles. The van der Waals surface area contributed by atoms with E-state index in [9.17, 15) is 13.2 Å². The number of amides is 1. The predicted octanol–water partition coefficient (Wildman–Crippen LogP) is 2.59. The Bertz CT molecular complexity index is 884. The highest BCUT2D eigenvalue weighted by atomic mass is 32.2. The number of hydrogen-bond donors (Lipinski definition) is 0. The van der Waals surface area contributed by atoms with Crippen molar-refractivity contribution >= 4 is 15.9 Å². The summed E-state index contributed by atoms with van der Waals surface area (Å²) >= 11 is 0. The van der Waals surface area contributed by atoms with Gasteiger partial charge in [-0.05, 0) is 31.0 Å². The second-order valence-electron chi connectivity index (χ2n) is 6.75. The van der Waals surface area contributed by atoms with Crippen LogP contribution >= 0.6 is 0 Å². The first-order valence-electron chi connectivity index (χ1n) is 8.75. The quantitative estimate of drug-likeness (QED) is 0.829. The largest absolute Gasteiger partial charge is 0.336 e. The van der Waals surface area contributed by atoms with Crippen LogP contribution in [0.15, 0.2) is 48.5 Å². The maximum atomic E-state index is 12.7. The molecule has 138 valence electrons. The Hall–Kier alpha value is -2.18. The molecule has 5 nitrogen and oxygen atoms in total. The fourth-order valence-corrected chi connectivity index (χ4v) is 4.65. The third-order valence-electron chi connectivity index (χ3n) is 4.76. The second-order valence-corrected chi connectivity index (χ2v) is 8.72. The van der Waals surface area contributed by atoms with Crippen molar-refractivity contribution in [3.8, 4) is 0 Å². The summed E-state index contributed by atoms with van der Waals surface area (Å²) in [4.78, 5) is 14.4. The summed E-state index contributed by atoms with van der Waals surface area (Å²) in [5.41, 5.74) is 3.51. The van der Waals surface area contributed by atoms with Gasteiger partial charge in [0.1, 0.15) is 0 Å². The first kappa shape index (κ1) is 18.6. The van der Waals surface area contributed by atoms with Crippen LogP contribution in [0.25, 0.3) is 0 Å². The highest BCUT2D eigenvalue weighted by molar-refractivity contribution is 7.88. The van der Waals surface area contributed by atoms with Crippen LogP contribution in [0.1, 0.15) is 27.0 Å². The fourth-order valence-electron chi connectivity index (χ4n) is 3.14. The topological polar surface area (TPSA) is 57.7 Å². The molecular weight excluding hydrogens is 348 g/mol. The zero-order valence-corrected chi connectivity index (χ0v) is 16.0. The maximum Gasteiger partial charge on any atom is 0.254 e. The van der Waals surface area contributed by atoms with Gasteiger partial charge in [-0.2, -0.15) is 4.31 Å². The van der Waals surface area contributed by atoms with Crippen LogP contribution in [0.2, 0.25) is 0 Å². The van der Waals surface area contributed by atoms with E-state index in [2.05, 4.69) is 0 Å². The van der Waals surface area contributed by atoms with Gasteiger partial charge in [0.2, 0.25) is 10.0 Å². The first-order valence-corrected chi connectivity index (χ1v) is 10.4. The van der Waals surface area contributed by atoms with Crippen LogP contribution in [0, 0.1) is 13.8 Å². The fraction of sp³-hybridized carbons (Fsp3) is 0.350. The minimum atomic E-state index is -3.38. The molecule has 2 aromatic carbocycles. The van der Waals surface area contributed by atoms with E-state index in [0.717, 1.165) is 16.7 Å². The number of nitrogens with zero attached hydrogens (tertiary/aromatic N) is 2. The highest BCUT2D eigenvalue weighted by Crippen LogP contribution is 2.17. The molecule has 0 radical (unpaired) electrons. The van der Waals surface area contributed by atoms with Gasteiger partial charge < -0.3 is 4.90 Å². The smallest absolute Gasteiger partial charge is 0.254 e. The van der Waals surface area contributed by atoms with Crippen molar-refractivity contribution in [2.75, 3.05) is 26.2 Å². The molecule has 0 aromatic heterocycles. The van der Waals surface area contributed by atoms with E-state index in [1.807, 2.05) is 62.4 Å². The van der Waals surface area contributed by atoms with Crippen molar-refractivity contribution < 1.29 is 13.2 Å². The summed E-state index contributed by atoms with van der Waals surface area (Å²) in [6, 6.07) is 15.0. The number of sulfonamides is 1. The lowest BCUT2D eigenvalue weighted by Crippen LogP contribution is -2.50. The molecule has 0 N–H and O–H groups in total. The molecule has 1 aliphatic rings. The molecule has 6 heteroatoms. The van der Waals surface area contributed by atoms with Gasteiger partial charge in [0.15, 0.2) is 0 Å². The highest BCUT2D eigenvalue weighted by Gasteiger charge is 2.29. The van der Waals surface area contributed by atoms with Gasteiger partial charge >= 0.3 is 0 Å². The Morgan fingerprint density at radius 3 is 2.15 bits per heavy atom. The third kappa shape index (κ3) is 4.14. The molecule has 2 aromatic rings. The van der Waals surface area contributed by atoms with Gasteiger partial charge in [-0.1, -0.05) is 48.0 Å². The van der Waals surface area contributed by atoms with E-state index in [1.54, 1.807) is 4.90 Å². The standard InChI is InChI=1S/C20H24N2O3S/c1-16-7-9-18(10-8-16)15-26(24,25)22-13-11-21(12-14-22)20(23)19-6-4-3-5-17(19)2/h3-10H,11-15H2,1-2H3. The van der Waals surface area contributed by atoms with Crippen LogP contribution in [-0.4, -0.2) is 49.7 Å². The predicted molar refractivity (Wildman–Crippen MR) is 102 cm³/mol. The summed E-state index contributed by atoms with van der Waals surface area (Å²) in [5, 5.41) is 0. The molecule has 26 heavy (non-hydrogen) atoms. The Balaban J connectivity index is 1.63. The Morgan fingerprint density at radius 2 is 1.54 bits per heavy atom. The van der Waals surface area contributed by atoms with Crippen molar-refractivity contribution in [1.29, 1.82) is 0 Å². The van der Waals surface area contributed by atoms with Gasteiger partial charge in [0.05, 0.1) is 5.75 Å². The van der Waals surface area contributed by atoms with Crippen molar-refractivity contribution in [2.45, 2.75) is 19.6 Å². The summed E-state index contributed by atoms with van der Waals surface area (Å²) in [7, 11) is -3.38. The van der Waals surface area contributed by atoms with Gasteiger partial charge in [-0.25, -0.2) is 8.42 Å². The molecule has 3 rings (SSSR count). The second kappa shape index (κ2) is 7.60. The molecule has 1 heterocycles. The van der Waals surface area contributed by atoms with Crippen molar-refractivity contribution in [3.63, 3.8) is 0 Å². The van der Waals surface area contributed by atoms with E-state index >= 15 is 0 Å². The van der Waals surface area contributed by atoms with E-state index < -0.39 is 10.0 Å². The van der Waals surface area contributed by atoms with Gasteiger partial charge in [-0.3, -0.25) is 4.79 Å². The Kier molecular flexibility index (Phi) is 5.44. The molecule has 1 fully saturated rings. The molecule has 0 unspecified atom stereocenters. The first-order chi connectivity index (χ1) is 12.4. The Labute approximate surface area is 155 Å². The van der Waals surface area contributed by atoms with E-state index in [1.165, 1.54) is 4.31 Å². The molecule has 0 bridgehead atoms. The molecule has 0 atom stereocenters. The average molecular weight is 372 g/mol. The summed E-state index contributed by atoms with van der Waals surface area (Å²) in [6.45, 7) is 5.40. The Morgan fingerprint density at radius 1 is 0.923 bits per heavy atom. The maximum absolute atomic E-state index is 12.7. The zero-order chi connectivity index (χ0) is 18.7. The number of rotatable bonds is 4. The SMILES string of the molecule is Cc1ccc(CS(=O)(=O)N2CCN(C(=O)c3ccccc3C)CC2)cc1. The lowest BCUT2D eigenvalue weighted by atomic mass is 10.1. The van der Waals surface area contributed by atoms with Crippen LogP contribution in [-0.2, 0) is 15.8 Å². The number of piperazine rings is 1. The molecule has 0 spiro atoms. The number of benzene rings is 2. The van der Waals surface area contributed by atoms with Crippen LogP contribution in [0.4, 0.5) is 0 Å². The minimum Gasteiger partial charge on any atom is -0.336 e. The third-order valence-corrected chi connectivity index (χ3v) is 6.61. The molecule has 1 aliphatic heterocycles. The van der Waals surface area contributed by atoms with Crippen LogP contribution in [0.3, 0.4) is 0 Å². The minimum absolute atomic E-state index is 0.000972. The number of carbonyl (C=O) groups is 1. The number of hydrogen-bond acceptors (Lipinski definition) is 3. The monoisotopic (exact) mass is 372 g/mol. The summed E-state index contributed by atoms with van der Waals surface area (Å²) < 4.78 is 26.8. The zero-order valence-electron chi connectivity index (χ0n) is 15.2. The lowest BCUT2D eigenvalue weighted by Gasteiger charge is -2.34. The van der Waals surface area contributed by atoms with Crippen LogP contribution < -0.4 is 0 Å². The molecular formula is C20H24N2O3S.